The molecule has 132 valence electrons. The molecule has 0 unspecified atom stereocenters. The standard InChI is InChI=1S/C16H23N3O4S/c1-3-18(4-2)10-9-17-24(22,23)12-11-19-15(20)13-7-5-6-8-14(13)16(19)21/h5-8,17H,3-4,9-12H2,1-2H3. The van der Waals surface area contributed by atoms with Crippen LogP contribution in [0.15, 0.2) is 24.3 Å². The zero-order chi connectivity index (χ0) is 17.7. The first-order valence-corrected chi connectivity index (χ1v) is 9.69. The number of imide groups is 1. The predicted molar refractivity (Wildman–Crippen MR) is 91.4 cm³/mol. The number of likely N-dealkylation sites (N-methyl/N-ethyl adjacent to an activating group) is 1. The van der Waals surface area contributed by atoms with E-state index in [-0.39, 0.29) is 12.3 Å². The molecular formula is C16H23N3O4S. The molecule has 0 bridgehead atoms. The Labute approximate surface area is 142 Å². The van der Waals surface area contributed by atoms with Crippen LogP contribution in [0.25, 0.3) is 0 Å². The summed E-state index contributed by atoms with van der Waals surface area (Å²) in [5.74, 6) is -1.17. The molecule has 1 aromatic carbocycles. The second kappa shape index (κ2) is 7.87. The highest BCUT2D eigenvalue weighted by Gasteiger charge is 2.35. The highest BCUT2D eigenvalue weighted by molar-refractivity contribution is 7.89. The summed E-state index contributed by atoms with van der Waals surface area (Å²) in [4.78, 5) is 27.5. The van der Waals surface area contributed by atoms with Crippen LogP contribution in [0.4, 0.5) is 0 Å². The third-order valence-electron chi connectivity index (χ3n) is 4.11. The van der Waals surface area contributed by atoms with Crippen molar-refractivity contribution in [3.63, 3.8) is 0 Å². The largest absolute Gasteiger partial charge is 0.303 e. The number of nitrogens with zero attached hydrogens (tertiary/aromatic N) is 2. The summed E-state index contributed by atoms with van der Waals surface area (Å²) in [7, 11) is -3.54. The molecule has 0 saturated carbocycles. The lowest BCUT2D eigenvalue weighted by Crippen LogP contribution is -2.40. The summed E-state index contributed by atoms with van der Waals surface area (Å²) in [5, 5.41) is 0. The van der Waals surface area contributed by atoms with Gasteiger partial charge in [0.15, 0.2) is 0 Å². The van der Waals surface area contributed by atoms with Crippen molar-refractivity contribution in [2.24, 2.45) is 0 Å². The fraction of sp³-hybridized carbons (Fsp3) is 0.500. The van der Waals surface area contributed by atoms with E-state index in [1.165, 1.54) is 0 Å². The summed E-state index contributed by atoms with van der Waals surface area (Å²) >= 11 is 0. The normalized spacial score (nSPS) is 14.5. The van der Waals surface area contributed by atoms with E-state index in [9.17, 15) is 18.0 Å². The maximum Gasteiger partial charge on any atom is 0.261 e. The first kappa shape index (κ1) is 18.6. The van der Waals surface area contributed by atoms with Gasteiger partial charge in [-0.15, -0.1) is 0 Å². The van der Waals surface area contributed by atoms with E-state index < -0.39 is 21.8 Å². The Hall–Kier alpha value is -1.77. The second-order valence-corrected chi connectivity index (χ2v) is 7.47. The number of amides is 2. The van der Waals surface area contributed by atoms with Gasteiger partial charge >= 0.3 is 0 Å². The van der Waals surface area contributed by atoms with E-state index in [1.807, 2.05) is 13.8 Å². The molecule has 1 aromatic rings. The van der Waals surface area contributed by atoms with Crippen LogP contribution >= 0.6 is 0 Å². The van der Waals surface area contributed by atoms with Crippen LogP contribution in [0.5, 0.6) is 0 Å². The van der Waals surface area contributed by atoms with Crippen LogP contribution in [0.3, 0.4) is 0 Å². The number of hydrogen-bond donors (Lipinski definition) is 1. The van der Waals surface area contributed by atoms with Crippen LogP contribution in [0.1, 0.15) is 34.6 Å². The third kappa shape index (κ3) is 4.19. The highest BCUT2D eigenvalue weighted by Crippen LogP contribution is 2.22. The zero-order valence-electron chi connectivity index (χ0n) is 14.0. The number of hydrogen-bond acceptors (Lipinski definition) is 5. The van der Waals surface area contributed by atoms with E-state index in [0.717, 1.165) is 18.0 Å². The van der Waals surface area contributed by atoms with Crippen molar-refractivity contribution in [2.75, 3.05) is 38.5 Å². The number of rotatable bonds is 9. The SMILES string of the molecule is CCN(CC)CCNS(=O)(=O)CCN1C(=O)c2ccccc2C1=O. The minimum absolute atomic E-state index is 0.146. The first-order valence-electron chi connectivity index (χ1n) is 8.04. The van der Waals surface area contributed by atoms with Gasteiger partial charge in [-0.05, 0) is 25.2 Å². The topological polar surface area (TPSA) is 86.8 Å². The van der Waals surface area contributed by atoms with Crippen LogP contribution in [-0.2, 0) is 10.0 Å². The smallest absolute Gasteiger partial charge is 0.261 e. The minimum Gasteiger partial charge on any atom is -0.303 e. The van der Waals surface area contributed by atoms with Gasteiger partial charge in [-0.3, -0.25) is 14.5 Å². The molecule has 24 heavy (non-hydrogen) atoms. The van der Waals surface area contributed by atoms with E-state index in [1.54, 1.807) is 24.3 Å². The number of carbonyl (C=O) groups excluding carboxylic acids is 2. The molecule has 1 aliphatic heterocycles. The van der Waals surface area contributed by atoms with Crippen LogP contribution in [-0.4, -0.2) is 68.5 Å². The van der Waals surface area contributed by atoms with Crippen molar-refractivity contribution < 1.29 is 18.0 Å². The van der Waals surface area contributed by atoms with Crippen LogP contribution in [0.2, 0.25) is 0 Å². The monoisotopic (exact) mass is 353 g/mol. The highest BCUT2D eigenvalue weighted by atomic mass is 32.2. The number of fused-ring (bicyclic) bond motifs is 1. The molecule has 0 aliphatic carbocycles. The lowest BCUT2D eigenvalue weighted by atomic mass is 10.1. The second-order valence-electron chi connectivity index (χ2n) is 5.55. The number of benzene rings is 1. The lowest BCUT2D eigenvalue weighted by Gasteiger charge is -2.18. The van der Waals surface area contributed by atoms with Crippen molar-refractivity contribution >= 4 is 21.8 Å². The van der Waals surface area contributed by atoms with Gasteiger partial charge in [0.05, 0.1) is 16.9 Å². The lowest BCUT2D eigenvalue weighted by molar-refractivity contribution is 0.0664. The van der Waals surface area contributed by atoms with E-state index in [4.69, 9.17) is 0 Å². The molecule has 7 nitrogen and oxygen atoms in total. The Balaban J connectivity index is 1.89. The number of sulfonamides is 1. The zero-order valence-corrected chi connectivity index (χ0v) is 14.8. The summed E-state index contributed by atoms with van der Waals surface area (Å²) in [6.07, 6.45) is 0. The molecule has 2 rings (SSSR count). The quantitative estimate of drug-likeness (QED) is 0.655. The van der Waals surface area contributed by atoms with Crippen molar-refractivity contribution in [1.82, 2.24) is 14.5 Å². The molecule has 0 aromatic heterocycles. The van der Waals surface area contributed by atoms with E-state index in [0.29, 0.717) is 24.2 Å². The van der Waals surface area contributed by atoms with Crippen LogP contribution < -0.4 is 4.72 Å². The molecule has 1 N–H and O–H groups in total. The molecule has 2 amide bonds. The van der Waals surface area contributed by atoms with Crippen molar-refractivity contribution in [3.05, 3.63) is 35.4 Å². The van der Waals surface area contributed by atoms with Gasteiger partial charge in [-0.25, -0.2) is 13.1 Å². The summed E-state index contributed by atoms with van der Waals surface area (Å²) in [6.45, 7) is 6.53. The molecule has 0 fully saturated rings. The fourth-order valence-corrected chi connectivity index (χ4v) is 3.59. The number of carbonyl (C=O) groups is 2. The van der Waals surface area contributed by atoms with Gasteiger partial charge < -0.3 is 4.90 Å². The molecule has 0 atom stereocenters. The molecule has 1 aliphatic rings. The third-order valence-corrected chi connectivity index (χ3v) is 5.47. The van der Waals surface area contributed by atoms with E-state index in [2.05, 4.69) is 9.62 Å². The molecule has 0 radical (unpaired) electrons. The molecule has 0 saturated heterocycles. The Morgan fingerprint density at radius 2 is 1.58 bits per heavy atom. The molecule has 8 heteroatoms. The number of nitrogens with one attached hydrogen (secondary N) is 1. The Morgan fingerprint density at radius 1 is 1.04 bits per heavy atom. The molecule has 0 spiro atoms. The molecular weight excluding hydrogens is 330 g/mol. The van der Waals surface area contributed by atoms with Gasteiger partial charge in [0.1, 0.15) is 0 Å². The summed E-state index contributed by atoms with van der Waals surface area (Å²) in [6, 6.07) is 6.51. The predicted octanol–water partition coefficient (Wildman–Crippen LogP) is 0.544. The Kier molecular flexibility index (Phi) is 6.09. The summed E-state index contributed by atoms with van der Waals surface area (Å²) in [5.41, 5.74) is 0.656. The molecule has 1 heterocycles. The maximum atomic E-state index is 12.2. The Bertz CT molecular complexity index is 679. The van der Waals surface area contributed by atoms with Gasteiger partial charge in [0.2, 0.25) is 10.0 Å². The van der Waals surface area contributed by atoms with Crippen LogP contribution in [0, 0.1) is 0 Å². The minimum atomic E-state index is -3.54. The van der Waals surface area contributed by atoms with Gasteiger partial charge in [0.25, 0.3) is 11.8 Å². The average molecular weight is 353 g/mol. The van der Waals surface area contributed by atoms with Crippen molar-refractivity contribution in [1.29, 1.82) is 0 Å². The average Bonchev–Trinajstić information content (AvgIpc) is 2.81. The van der Waals surface area contributed by atoms with Gasteiger partial charge in [-0.2, -0.15) is 0 Å². The van der Waals surface area contributed by atoms with Crippen molar-refractivity contribution in [2.45, 2.75) is 13.8 Å². The van der Waals surface area contributed by atoms with Gasteiger partial charge in [-0.1, -0.05) is 26.0 Å². The fourth-order valence-electron chi connectivity index (χ4n) is 2.62. The summed E-state index contributed by atoms with van der Waals surface area (Å²) < 4.78 is 26.6. The Morgan fingerprint density at radius 3 is 2.08 bits per heavy atom. The van der Waals surface area contributed by atoms with Crippen molar-refractivity contribution in [3.8, 4) is 0 Å². The maximum absolute atomic E-state index is 12.2. The first-order chi connectivity index (χ1) is 11.4. The van der Waals surface area contributed by atoms with E-state index >= 15 is 0 Å². The van der Waals surface area contributed by atoms with Gasteiger partial charge in [0, 0.05) is 19.6 Å².